The van der Waals surface area contributed by atoms with Gasteiger partial charge in [0, 0.05) is 10.4 Å². The first-order valence-corrected chi connectivity index (χ1v) is 7.36. The first-order chi connectivity index (χ1) is 10.2. The highest BCUT2D eigenvalue weighted by Crippen LogP contribution is 2.26. The van der Waals surface area contributed by atoms with E-state index in [9.17, 15) is 0 Å². The van der Waals surface area contributed by atoms with Crippen LogP contribution in [0.25, 0.3) is 10.9 Å². The smallest absolute Gasteiger partial charge is 0.0749 e. The summed E-state index contributed by atoms with van der Waals surface area (Å²) in [5, 5.41) is 5.26. The van der Waals surface area contributed by atoms with Crippen molar-refractivity contribution in [2.45, 2.75) is 13.0 Å². The summed E-state index contributed by atoms with van der Waals surface area (Å²) in [4.78, 5) is 4.77. The Morgan fingerprint density at radius 3 is 2.62 bits per heavy atom. The van der Waals surface area contributed by atoms with E-state index in [0.717, 1.165) is 32.7 Å². The quantitative estimate of drug-likeness (QED) is 0.769. The van der Waals surface area contributed by atoms with Gasteiger partial charge >= 0.3 is 0 Å². The number of hydrogen-bond acceptors (Lipinski definition) is 2. The minimum Gasteiger partial charge on any atom is -0.308 e. The number of hydrogen-bond donors (Lipinski definition) is 1. The largest absolute Gasteiger partial charge is 0.308 e. The fourth-order valence-electron chi connectivity index (χ4n) is 2.52. The Bertz CT molecular complexity index is 783. The third-order valence-electron chi connectivity index (χ3n) is 3.73. The molecule has 0 spiro atoms. The number of nitrogens with one attached hydrogen (secondary N) is 1. The molecule has 0 fully saturated rings. The fourth-order valence-corrected chi connectivity index (χ4v) is 2.71. The van der Waals surface area contributed by atoms with Gasteiger partial charge in [0.25, 0.3) is 0 Å². The predicted octanol–water partition coefficient (Wildman–Crippen LogP) is 4.51. The number of para-hydroxylation sites is 1. The molecule has 2 aromatic carbocycles. The average Bonchev–Trinajstić information content (AvgIpc) is 2.51. The van der Waals surface area contributed by atoms with Crippen molar-refractivity contribution in [1.29, 1.82) is 0 Å². The zero-order chi connectivity index (χ0) is 14.8. The molecule has 106 valence electrons. The Balaban J connectivity index is 2.06. The van der Waals surface area contributed by atoms with Crippen LogP contribution in [0.1, 0.15) is 22.9 Å². The third kappa shape index (κ3) is 2.78. The van der Waals surface area contributed by atoms with Gasteiger partial charge in [0.2, 0.25) is 0 Å². The Morgan fingerprint density at radius 1 is 1.05 bits per heavy atom. The van der Waals surface area contributed by atoms with Crippen LogP contribution in [0.4, 0.5) is 0 Å². The summed E-state index contributed by atoms with van der Waals surface area (Å²) in [6.45, 7) is 2.01. The summed E-state index contributed by atoms with van der Waals surface area (Å²) in [6, 6.07) is 18.5. The van der Waals surface area contributed by atoms with Crippen LogP contribution in [-0.4, -0.2) is 12.0 Å². The van der Waals surface area contributed by atoms with Crippen molar-refractivity contribution in [3.8, 4) is 0 Å². The SMILES string of the molecule is CNC(c1ccc(C)c(Cl)c1)c1ccc2ccccc2n1. The molecule has 0 amide bonds. The van der Waals surface area contributed by atoms with Gasteiger partial charge in [-0.3, -0.25) is 4.98 Å². The van der Waals surface area contributed by atoms with E-state index in [1.807, 2.05) is 44.3 Å². The van der Waals surface area contributed by atoms with Gasteiger partial charge in [-0.15, -0.1) is 0 Å². The van der Waals surface area contributed by atoms with Crippen LogP contribution in [0.15, 0.2) is 54.6 Å². The van der Waals surface area contributed by atoms with E-state index in [0.29, 0.717) is 0 Å². The van der Waals surface area contributed by atoms with Crippen LogP contribution in [0.5, 0.6) is 0 Å². The third-order valence-corrected chi connectivity index (χ3v) is 4.14. The number of benzene rings is 2. The van der Waals surface area contributed by atoms with Crippen LogP contribution in [0.3, 0.4) is 0 Å². The van der Waals surface area contributed by atoms with Crippen LogP contribution in [-0.2, 0) is 0 Å². The van der Waals surface area contributed by atoms with Crippen molar-refractivity contribution in [3.05, 3.63) is 76.4 Å². The predicted molar refractivity (Wildman–Crippen MR) is 88.8 cm³/mol. The van der Waals surface area contributed by atoms with Gasteiger partial charge in [0.1, 0.15) is 0 Å². The summed E-state index contributed by atoms with van der Waals surface area (Å²) in [7, 11) is 1.94. The maximum atomic E-state index is 6.25. The molecule has 0 saturated carbocycles. The van der Waals surface area contributed by atoms with Gasteiger partial charge in [-0.2, -0.15) is 0 Å². The van der Waals surface area contributed by atoms with Crippen LogP contribution in [0.2, 0.25) is 5.02 Å². The summed E-state index contributed by atoms with van der Waals surface area (Å²) in [5.41, 5.74) is 4.21. The molecule has 3 rings (SSSR count). The van der Waals surface area contributed by atoms with Crippen molar-refractivity contribution < 1.29 is 0 Å². The topological polar surface area (TPSA) is 24.9 Å². The Hall–Kier alpha value is -1.90. The number of fused-ring (bicyclic) bond motifs is 1. The molecule has 2 nitrogen and oxygen atoms in total. The lowest BCUT2D eigenvalue weighted by Crippen LogP contribution is -2.19. The van der Waals surface area contributed by atoms with Gasteiger partial charge in [0.15, 0.2) is 0 Å². The van der Waals surface area contributed by atoms with Crippen molar-refractivity contribution in [1.82, 2.24) is 10.3 Å². The second kappa shape index (κ2) is 5.84. The van der Waals surface area contributed by atoms with Crippen molar-refractivity contribution in [2.75, 3.05) is 7.05 Å². The average molecular weight is 297 g/mol. The highest BCUT2D eigenvalue weighted by atomic mass is 35.5. The second-order valence-electron chi connectivity index (χ2n) is 5.16. The molecule has 0 aliphatic heterocycles. The molecule has 1 heterocycles. The Labute approximate surface area is 129 Å². The van der Waals surface area contributed by atoms with Gasteiger partial charge < -0.3 is 5.32 Å². The van der Waals surface area contributed by atoms with Crippen molar-refractivity contribution >= 4 is 22.5 Å². The molecular weight excluding hydrogens is 280 g/mol. The molecule has 0 aliphatic rings. The molecule has 21 heavy (non-hydrogen) atoms. The Kier molecular flexibility index (Phi) is 3.91. The van der Waals surface area contributed by atoms with Gasteiger partial charge in [-0.05, 0) is 43.3 Å². The first kappa shape index (κ1) is 14.1. The number of pyridine rings is 1. The maximum absolute atomic E-state index is 6.25. The molecule has 1 atom stereocenters. The highest BCUT2D eigenvalue weighted by Gasteiger charge is 2.14. The standard InChI is InChI=1S/C18H17ClN2/c1-12-7-8-14(11-15(12)19)18(20-2)17-10-9-13-5-3-4-6-16(13)21-17/h3-11,18,20H,1-2H3. The minimum atomic E-state index is 0.0349. The molecule has 1 unspecified atom stereocenters. The molecule has 0 saturated heterocycles. The van der Waals surface area contributed by atoms with E-state index in [-0.39, 0.29) is 6.04 Å². The van der Waals surface area contributed by atoms with E-state index >= 15 is 0 Å². The number of halogens is 1. The summed E-state index contributed by atoms with van der Waals surface area (Å²) < 4.78 is 0. The maximum Gasteiger partial charge on any atom is 0.0749 e. The zero-order valence-corrected chi connectivity index (χ0v) is 12.9. The number of aromatic nitrogens is 1. The first-order valence-electron chi connectivity index (χ1n) is 6.98. The van der Waals surface area contributed by atoms with Crippen LogP contribution < -0.4 is 5.32 Å². The second-order valence-corrected chi connectivity index (χ2v) is 5.57. The van der Waals surface area contributed by atoms with E-state index in [1.165, 1.54) is 0 Å². The lowest BCUT2D eigenvalue weighted by Gasteiger charge is -2.17. The summed E-state index contributed by atoms with van der Waals surface area (Å²) in [5.74, 6) is 0. The zero-order valence-electron chi connectivity index (χ0n) is 12.1. The molecule has 0 bridgehead atoms. The van der Waals surface area contributed by atoms with Crippen LogP contribution in [0, 0.1) is 6.92 Å². The van der Waals surface area contributed by atoms with E-state index in [2.05, 4.69) is 29.6 Å². The summed E-state index contributed by atoms with van der Waals surface area (Å²) >= 11 is 6.25. The van der Waals surface area contributed by atoms with E-state index in [1.54, 1.807) is 0 Å². The van der Waals surface area contributed by atoms with Gasteiger partial charge in [-0.25, -0.2) is 0 Å². The molecule has 0 aliphatic carbocycles. The Morgan fingerprint density at radius 2 is 1.86 bits per heavy atom. The number of rotatable bonds is 3. The van der Waals surface area contributed by atoms with E-state index in [4.69, 9.17) is 16.6 Å². The molecular formula is C18H17ClN2. The lowest BCUT2D eigenvalue weighted by molar-refractivity contribution is 0.674. The summed E-state index contributed by atoms with van der Waals surface area (Å²) in [6.07, 6.45) is 0. The van der Waals surface area contributed by atoms with Crippen LogP contribution >= 0.6 is 11.6 Å². The molecule has 0 radical (unpaired) electrons. The molecule has 3 heteroatoms. The number of nitrogens with zero attached hydrogens (tertiary/aromatic N) is 1. The normalized spacial score (nSPS) is 12.5. The van der Waals surface area contributed by atoms with Crippen molar-refractivity contribution in [3.63, 3.8) is 0 Å². The fraction of sp³-hybridized carbons (Fsp3) is 0.167. The van der Waals surface area contributed by atoms with E-state index < -0.39 is 0 Å². The monoisotopic (exact) mass is 296 g/mol. The lowest BCUT2D eigenvalue weighted by atomic mass is 10.0. The molecule has 1 N–H and O–H groups in total. The number of aryl methyl sites for hydroxylation is 1. The molecule has 3 aromatic rings. The van der Waals surface area contributed by atoms with Crippen molar-refractivity contribution in [2.24, 2.45) is 0 Å². The van der Waals surface area contributed by atoms with Gasteiger partial charge in [-0.1, -0.05) is 48.0 Å². The molecule has 1 aromatic heterocycles. The minimum absolute atomic E-state index is 0.0349. The highest BCUT2D eigenvalue weighted by molar-refractivity contribution is 6.31. The van der Waals surface area contributed by atoms with Gasteiger partial charge in [0.05, 0.1) is 17.3 Å².